The Labute approximate surface area is 194 Å². The van der Waals surface area contributed by atoms with Gasteiger partial charge in [0.25, 0.3) is 11.8 Å². The Morgan fingerprint density at radius 2 is 1.66 bits per heavy atom. The van der Waals surface area contributed by atoms with E-state index in [1.165, 1.54) is 23.8 Å². The lowest BCUT2D eigenvalue weighted by Crippen LogP contribution is -2.45. The van der Waals surface area contributed by atoms with E-state index in [0.717, 1.165) is 31.5 Å². The molecule has 0 aromatic heterocycles. The molecule has 0 aliphatic carbocycles. The first-order chi connectivity index (χ1) is 15.2. The molecule has 5 nitrogen and oxygen atoms in total. The predicted molar refractivity (Wildman–Crippen MR) is 126 cm³/mol. The van der Waals surface area contributed by atoms with Crippen molar-refractivity contribution in [2.24, 2.45) is 0 Å². The van der Waals surface area contributed by atoms with Crippen molar-refractivity contribution in [1.29, 1.82) is 0 Å². The van der Waals surface area contributed by atoms with Gasteiger partial charge in [-0.05, 0) is 82.0 Å². The highest BCUT2D eigenvalue weighted by Gasteiger charge is 2.26. The molecule has 0 radical (unpaired) electrons. The summed E-state index contributed by atoms with van der Waals surface area (Å²) in [5.41, 5.74) is 3.34. The predicted octanol–water partition coefficient (Wildman–Crippen LogP) is 4.88. The molecule has 32 heavy (non-hydrogen) atoms. The zero-order valence-electron chi connectivity index (χ0n) is 19.0. The highest BCUT2D eigenvalue weighted by Crippen LogP contribution is 2.27. The van der Waals surface area contributed by atoms with Gasteiger partial charge in [-0.15, -0.1) is 0 Å². The summed E-state index contributed by atoms with van der Waals surface area (Å²) >= 11 is 5.79. The van der Waals surface area contributed by atoms with Crippen molar-refractivity contribution in [1.82, 2.24) is 15.5 Å². The van der Waals surface area contributed by atoms with Crippen LogP contribution in [0.15, 0.2) is 36.4 Å². The lowest BCUT2D eigenvalue weighted by atomic mass is 9.95. The van der Waals surface area contributed by atoms with Crippen LogP contribution in [0.1, 0.15) is 71.5 Å². The Kier molecular flexibility index (Phi) is 7.91. The van der Waals surface area contributed by atoms with Gasteiger partial charge in [-0.3, -0.25) is 14.5 Å². The molecule has 2 aromatic carbocycles. The number of rotatable bonds is 6. The summed E-state index contributed by atoms with van der Waals surface area (Å²) in [4.78, 5) is 27.1. The highest BCUT2D eigenvalue weighted by atomic mass is 35.5. The minimum atomic E-state index is -0.533. The fourth-order valence-electron chi connectivity index (χ4n) is 4.17. The quantitative estimate of drug-likeness (QED) is 0.647. The van der Waals surface area contributed by atoms with E-state index in [-0.39, 0.29) is 35.0 Å². The number of aryl methyl sites for hydroxylation is 1. The number of carbonyl (C=O) groups excluding carboxylic acids is 2. The molecule has 1 unspecified atom stereocenters. The normalized spacial score (nSPS) is 16.1. The maximum absolute atomic E-state index is 13.3. The summed E-state index contributed by atoms with van der Waals surface area (Å²) in [7, 11) is 0. The van der Waals surface area contributed by atoms with Crippen molar-refractivity contribution in [2.45, 2.75) is 58.7 Å². The molecular formula is C25H31ClFN3O2. The van der Waals surface area contributed by atoms with Crippen LogP contribution in [0.2, 0.25) is 5.02 Å². The summed E-state index contributed by atoms with van der Waals surface area (Å²) in [5, 5.41) is 5.91. The van der Waals surface area contributed by atoms with E-state index in [1.54, 1.807) is 0 Å². The van der Waals surface area contributed by atoms with Crippen LogP contribution < -0.4 is 10.6 Å². The zero-order chi connectivity index (χ0) is 23.4. The second kappa shape index (κ2) is 10.5. The molecule has 2 N–H and O–H groups in total. The molecule has 1 heterocycles. The third-order valence-electron chi connectivity index (χ3n) is 6.00. The van der Waals surface area contributed by atoms with Gasteiger partial charge < -0.3 is 10.6 Å². The Balaban J connectivity index is 1.57. The van der Waals surface area contributed by atoms with Gasteiger partial charge in [0, 0.05) is 42.3 Å². The largest absolute Gasteiger partial charge is 0.350 e. The highest BCUT2D eigenvalue weighted by molar-refractivity contribution is 6.31. The molecule has 3 rings (SSSR count). The van der Waals surface area contributed by atoms with E-state index in [1.807, 2.05) is 39.0 Å². The van der Waals surface area contributed by atoms with Gasteiger partial charge in [0.15, 0.2) is 0 Å². The van der Waals surface area contributed by atoms with Gasteiger partial charge in [0.05, 0.1) is 5.02 Å². The average molecular weight is 460 g/mol. The Bertz CT molecular complexity index is 987. The average Bonchev–Trinajstić information content (AvgIpc) is 2.75. The monoisotopic (exact) mass is 459 g/mol. The molecule has 7 heteroatoms. The molecule has 2 aromatic rings. The second-order valence-electron chi connectivity index (χ2n) is 8.79. The van der Waals surface area contributed by atoms with Crippen LogP contribution in [0.25, 0.3) is 0 Å². The summed E-state index contributed by atoms with van der Waals surface area (Å²) < 4.78 is 13.3. The number of piperidine rings is 1. The molecule has 0 spiro atoms. The van der Waals surface area contributed by atoms with E-state index in [0.29, 0.717) is 11.1 Å². The van der Waals surface area contributed by atoms with E-state index in [9.17, 15) is 14.0 Å². The van der Waals surface area contributed by atoms with Crippen LogP contribution in [0.4, 0.5) is 4.39 Å². The third kappa shape index (κ3) is 5.87. The van der Waals surface area contributed by atoms with Crippen LogP contribution in [0.5, 0.6) is 0 Å². The van der Waals surface area contributed by atoms with Crippen molar-refractivity contribution < 1.29 is 14.0 Å². The topological polar surface area (TPSA) is 61.4 Å². The third-order valence-corrected chi connectivity index (χ3v) is 6.29. The van der Waals surface area contributed by atoms with Gasteiger partial charge in [0.1, 0.15) is 5.82 Å². The fraction of sp³-hybridized carbons (Fsp3) is 0.440. The van der Waals surface area contributed by atoms with Crippen LogP contribution in [0, 0.1) is 12.7 Å². The number of nitrogens with zero attached hydrogens (tertiary/aromatic N) is 1. The summed E-state index contributed by atoms with van der Waals surface area (Å²) in [6, 6.07) is 10.3. The summed E-state index contributed by atoms with van der Waals surface area (Å²) in [6.07, 6.45) is 1.66. The molecule has 172 valence electrons. The molecule has 1 saturated heterocycles. The molecular weight excluding hydrogens is 429 g/mol. The first-order valence-corrected chi connectivity index (χ1v) is 11.4. The SMILES string of the molecule is Cc1cc(C(=O)NC(C)C)ccc1C(C)N1CCC(NC(=O)c2ccc(F)c(Cl)c2)CC1. The van der Waals surface area contributed by atoms with Crippen LogP contribution in [-0.4, -0.2) is 41.9 Å². The Hall–Kier alpha value is -2.44. The molecule has 0 saturated carbocycles. The van der Waals surface area contributed by atoms with Gasteiger partial charge in [-0.25, -0.2) is 4.39 Å². The standard InChI is InChI=1S/C25H31ClFN3O2/c1-15(2)28-24(31)18-5-7-21(16(3)13-18)17(4)30-11-9-20(10-12-30)29-25(32)19-6-8-23(27)22(26)14-19/h5-8,13-15,17,20H,9-12H2,1-4H3,(H,28,31)(H,29,32). The van der Waals surface area contributed by atoms with Crippen molar-refractivity contribution in [2.75, 3.05) is 13.1 Å². The van der Waals surface area contributed by atoms with Crippen LogP contribution in [0.3, 0.4) is 0 Å². The number of benzene rings is 2. The number of hydrogen-bond acceptors (Lipinski definition) is 3. The number of hydrogen-bond donors (Lipinski definition) is 2. The van der Waals surface area contributed by atoms with Crippen molar-refractivity contribution in [3.05, 3.63) is 69.5 Å². The summed E-state index contributed by atoms with van der Waals surface area (Å²) in [6.45, 7) is 9.81. The molecule has 0 bridgehead atoms. The maximum Gasteiger partial charge on any atom is 0.251 e. The molecule has 1 fully saturated rings. The zero-order valence-corrected chi connectivity index (χ0v) is 19.8. The van der Waals surface area contributed by atoms with Crippen LogP contribution in [-0.2, 0) is 0 Å². The van der Waals surface area contributed by atoms with E-state index < -0.39 is 5.82 Å². The van der Waals surface area contributed by atoms with Crippen LogP contribution >= 0.6 is 11.6 Å². The number of amides is 2. The lowest BCUT2D eigenvalue weighted by Gasteiger charge is -2.37. The summed E-state index contributed by atoms with van der Waals surface area (Å²) in [5.74, 6) is -0.819. The smallest absolute Gasteiger partial charge is 0.251 e. The minimum Gasteiger partial charge on any atom is -0.350 e. The van der Waals surface area contributed by atoms with Crippen molar-refractivity contribution in [3.63, 3.8) is 0 Å². The molecule has 1 aliphatic rings. The van der Waals surface area contributed by atoms with E-state index in [4.69, 9.17) is 11.6 Å². The molecule has 1 atom stereocenters. The lowest BCUT2D eigenvalue weighted by molar-refractivity contribution is 0.0893. The maximum atomic E-state index is 13.3. The fourth-order valence-corrected chi connectivity index (χ4v) is 4.35. The number of likely N-dealkylation sites (tertiary alicyclic amines) is 1. The number of nitrogens with one attached hydrogen (secondary N) is 2. The number of halogens is 2. The molecule has 1 aliphatic heterocycles. The molecule has 2 amide bonds. The van der Waals surface area contributed by atoms with Gasteiger partial charge in [-0.1, -0.05) is 17.7 Å². The number of carbonyl (C=O) groups is 2. The van der Waals surface area contributed by atoms with E-state index >= 15 is 0 Å². The van der Waals surface area contributed by atoms with Gasteiger partial charge in [0.2, 0.25) is 0 Å². The van der Waals surface area contributed by atoms with E-state index in [2.05, 4.69) is 22.5 Å². The first-order valence-electron chi connectivity index (χ1n) is 11.1. The second-order valence-corrected chi connectivity index (χ2v) is 9.20. The van der Waals surface area contributed by atoms with Crippen molar-refractivity contribution >= 4 is 23.4 Å². The Morgan fingerprint density at radius 1 is 1.03 bits per heavy atom. The van der Waals surface area contributed by atoms with Gasteiger partial charge in [-0.2, -0.15) is 0 Å². The minimum absolute atomic E-state index is 0.0515. The Morgan fingerprint density at radius 3 is 2.25 bits per heavy atom. The van der Waals surface area contributed by atoms with Gasteiger partial charge >= 0.3 is 0 Å². The first kappa shape index (κ1) is 24.2. The van der Waals surface area contributed by atoms with Crippen molar-refractivity contribution in [3.8, 4) is 0 Å².